The molecular weight excluding hydrogens is 351 g/mol. The number of carbonyl (C=O) groups is 1. The van der Waals surface area contributed by atoms with E-state index in [-0.39, 0.29) is 29.2 Å². The molecule has 1 aromatic carbocycles. The molecule has 140 valence electrons. The van der Waals surface area contributed by atoms with Crippen LogP contribution in [0.1, 0.15) is 53.8 Å². The van der Waals surface area contributed by atoms with Gasteiger partial charge in [-0.25, -0.2) is 9.37 Å². The highest BCUT2D eigenvalue weighted by atomic mass is 19.1. The Morgan fingerprint density at radius 2 is 2.19 bits per heavy atom. The van der Waals surface area contributed by atoms with E-state index in [1.165, 1.54) is 25.0 Å². The van der Waals surface area contributed by atoms with Crippen LogP contribution in [-0.2, 0) is 6.42 Å². The van der Waals surface area contributed by atoms with Crippen molar-refractivity contribution >= 4 is 5.91 Å². The van der Waals surface area contributed by atoms with Crippen LogP contribution in [0, 0.1) is 18.7 Å². The molecule has 0 bridgehead atoms. The molecule has 2 heterocycles. The Morgan fingerprint density at radius 1 is 1.37 bits per heavy atom. The molecule has 7 nitrogen and oxygen atoms in total. The number of hydrogen-bond donors (Lipinski definition) is 1. The van der Waals surface area contributed by atoms with Gasteiger partial charge in [0.15, 0.2) is 5.89 Å². The highest BCUT2D eigenvalue weighted by molar-refractivity contribution is 5.92. The number of carbonyl (C=O) groups excluding carboxylic acids is 1. The number of hydrogen-bond acceptors (Lipinski definition) is 6. The van der Waals surface area contributed by atoms with Gasteiger partial charge in [-0.05, 0) is 44.7 Å². The monoisotopic (exact) mass is 370 g/mol. The third kappa shape index (κ3) is 3.89. The molecule has 3 aromatic rings. The van der Waals surface area contributed by atoms with Crippen molar-refractivity contribution in [1.29, 1.82) is 0 Å². The van der Waals surface area contributed by atoms with Gasteiger partial charge >= 0.3 is 0 Å². The lowest BCUT2D eigenvalue weighted by Gasteiger charge is -2.08. The van der Waals surface area contributed by atoms with E-state index in [1.54, 1.807) is 26.0 Å². The molecule has 27 heavy (non-hydrogen) atoms. The van der Waals surface area contributed by atoms with Crippen molar-refractivity contribution in [2.45, 2.75) is 39.2 Å². The zero-order valence-corrected chi connectivity index (χ0v) is 15.0. The standard InChI is InChI=1S/C19H19FN4O3/c1-10-16(26-15(21-10)8-12-6-7-12)18(25)22-11(2)19-23-17(24-27-19)13-4-3-5-14(20)9-13/h3-5,9,11-12H,6-8H2,1-2H3,(H,22,25)/t11-/m0/s1. The van der Waals surface area contributed by atoms with Gasteiger partial charge in [0.05, 0.1) is 5.69 Å². The fourth-order valence-corrected chi connectivity index (χ4v) is 2.80. The molecular formula is C19H19FN4O3. The summed E-state index contributed by atoms with van der Waals surface area (Å²) in [5.41, 5.74) is 1.06. The second-order valence-corrected chi connectivity index (χ2v) is 6.83. The third-order valence-electron chi connectivity index (χ3n) is 4.45. The molecule has 1 saturated carbocycles. The number of aryl methyl sites for hydroxylation is 1. The minimum absolute atomic E-state index is 0.197. The lowest BCUT2D eigenvalue weighted by atomic mass is 10.2. The molecule has 0 unspecified atom stereocenters. The van der Waals surface area contributed by atoms with Gasteiger partial charge in [-0.15, -0.1) is 0 Å². The summed E-state index contributed by atoms with van der Waals surface area (Å²) >= 11 is 0. The minimum Gasteiger partial charge on any atom is -0.435 e. The molecule has 0 radical (unpaired) electrons. The van der Waals surface area contributed by atoms with E-state index in [9.17, 15) is 9.18 Å². The van der Waals surface area contributed by atoms with E-state index < -0.39 is 6.04 Å². The fourth-order valence-electron chi connectivity index (χ4n) is 2.80. The molecule has 0 aliphatic heterocycles. The number of oxazole rings is 1. The first-order valence-electron chi connectivity index (χ1n) is 8.86. The lowest BCUT2D eigenvalue weighted by molar-refractivity contribution is 0.0901. The van der Waals surface area contributed by atoms with Crippen LogP contribution in [0.25, 0.3) is 11.4 Å². The van der Waals surface area contributed by atoms with E-state index in [1.807, 2.05) is 0 Å². The average Bonchev–Trinajstić information content (AvgIpc) is 3.16. The normalized spacial score (nSPS) is 14.9. The second-order valence-electron chi connectivity index (χ2n) is 6.83. The molecule has 1 amide bonds. The summed E-state index contributed by atoms with van der Waals surface area (Å²) in [5, 5.41) is 6.62. The van der Waals surface area contributed by atoms with Crippen LogP contribution in [0.5, 0.6) is 0 Å². The summed E-state index contributed by atoms with van der Waals surface area (Å²) in [5.74, 6) is 1.12. The maximum Gasteiger partial charge on any atom is 0.289 e. The molecule has 2 aromatic heterocycles. The fraction of sp³-hybridized carbons (Fsp3) is 0.368. The van der Waals surface area contributed by atoms with Crippen LogP contribution in [0.15, 0.2) is 33.2 Å². The van der Waals surface area contributed by atoms with Gasteiger partial charge < -0.3 is 14.3 Å². The predicted molar refractivity (Wildman–Crippen MR) is 93.2 cm³/mol. The van der Waals surface area contributed by atoms with Crippen molar-refractivity contribution < 1.29 is 18.1 Å². The first-order valence-corrected chi connectivity index (χ1v) is 8.86. The quantitative estimate of drug-likeness (QED) is 0.712. The van der Waals surface area contributed by atoms with Crippen LogP contribution in [-0.4, -0.2) is 21.0 Å². The SMILES string of the molecule is Cc1nc(CC2CC2)oc1C(=O)N[C@@H](C)c1nc(-c2cccc(F)c2)no1. The molecule has 4 rings (SSSR count). The van der Waals surface area contributed by atoms with Crippen molar-refractivity contribution in [3.05, 3.63) is 53.3 Å². The molecule has 1 aliphatic carbocycles. The molecule has 1 atom stereocenters. The van der Waals surface area contributed by atoms with Gasteiger partial charge in [-0.2, -0.15) is 4.98 Å². The number of aromatic nitrogens is 3. The molecule has 1 aliphatic rings. The average molecular weight is 370 g/mol. The minimum atomic E-state index is -0.538. The first kappa shape index (κ1) is 17.4. The number of nitrogens with one attached hydrogen (secondary N) is 1. The first-order chi connectivity index (χ1) is 13.0. The Bertz CT molecular complexity index is 977. The van der Waals surface area contributed by atoms with Crippen molar-refractivity contribution in [2.75, 3.05) is 0 Å². The molecule has 8 heteroatoms. The van der Waals surface area contributed by atoms with Gasteiger partial charge in [0.25, 0.3) is 5.91 Å². The maximum atomic E-state index is 13.3. The van der Waals surface area contributed by atoms with Crippen LogP contribution >= 0.6 is 0 Å². The molecule has 0 saturated heterocycles. The van der Waals surface area contributed by atoms with Crippen molar-refractivity contribution in [3.63, 3.8) is 0 Å². The predicted octanol–water partition coefficient (Wildman–Crippen LogP) is 3.62. The molecule has 0 spiro atoms. The van der Waals surface area contributed by atoms with Crippen molar-refractivity contribution in [3.8, 4) is 11.4 Å². The number of benzene rings is 1. The Labute approximate surface area is 155 Å². The van der Waals surface area contributed by atoms with Gasteiger partial charge in [-0.1, -0.05) is 17.3 Å². The van der Waals surface area contributed by atoms with Crippen LogP contribution < -0.4 is 5.32 Å². The Morgan fingerprint density at radius 3 is 2.93 bits per heavy atom. The number of nitrogens with zero attached hydrogens (tertiary/aromatic N) is 3. The van der Waals surface area contributed by atoms with E-state index in [0.717, 1.165) is 6.42 Å². The Hall–Kier alpha value is -3.03. The summed E-state index contributed by atoms with van der Waals surface area (Å²) in [4.78, 5) is 21.1. The van der Waals surface area contributed by atoms with E-state index in [4.69, 9.17) is 8.94 Å². The zero-order valence-electron chi connectivity index (χ0n) is 15.0. The van der Waals surface area contributed by atoms with Crippen molar-refractivity contribution in [1.82, 2.24) is 20.4 Å². The van der Waals surface area contributed by atoms with Gasteiger partial charge in [0.2, 0.25) is 17.5 Å². The number of amides is 1. The highest BCUT2D eigenvalue weighted by Crippen LogP contribution is 2.32. The van der Waals surface area contributed by atoms with Crippen LogP contribution in [0.3, 0.4) is 0 Å². The largest absolute Gasteiger partial charge is 0.435 e. The number of halogens is 1. The van der Waals surface area contributed by atoms with E-state index >= 15 is 0 Å². The molecule has 1 fully saturated rings. The smallest absolute Gasteiger partial charge is 0.289 e. The van der Waals surface area contributed by atoms with Crippen LogP contribution in [0.2, 0.25) is 0 Å². The van der Waals surface area contributed by atoms with Gasteiger partial charge in [-0.3, -0.25) is 4.79 Å². The lowest BCUT2D eigenvalue weighted by Crippen LogP contribution is -2.27. The Kier molecular flexibility index (Phi) is 4.47. The summed E-state index contributed by atoms with van der Waals surface area (Å²) in [6, 6.07) is 5.36. The van der Waals surface area contributed by atoms with E-state index in [0.29, 0.717) is 23.1 Å². The summed E-state index contributed by atoms with van der Waals surface area (Å²) < 4.78 is 24.2. The van der Waals surface area contributed by atoms with Crippen molar-refractivity contribution in [2.24, 2.45) is 5.92 Å². The topological polar surface area (TPSA) is 94.1 Å². The highest BCUT2D eigenvalue weighted by Gasteiger charge is 2.27. The summed E-state index contributed by atoms with van der Waals surface area (Å²) in [7, 11) is 0. The van der Waals surface area contributed by atoms with E-state index in [2.05, 4.69) is 20.4 Å². The van der Waals surface area contributed by atoms with Gasteiger partial charge in [0, 0.05) is 12.0 Å². The van der Waals surface area contributed by atoms with Gasteiger partial charge in [0.1, 0.15) is 11.9 Å². The summed E-state index contributed by atoms with van der Waals surface area (Å²) in [6.07, 6.45) is 3.14. The zero-order chi connectivity index (χ0) is 19.0. The second kappa shape index (κ2) is 6.94. The maximum absolute atomic E-state index is 13.3. The molecule has 1 N–H and O–H groups in total. The Balaban J connectivity index is 1.45. The third-order valence-corrected chi connectivity index (χ3v) is 4.45. The summed E-state index contributed by atoms with van der Waals surface area (Å²) in [6.45, 7) is 3.46. The van der Waals surface area contributed by atoms with Crippen LogP contribution in [0.4, 0.5) is 4.39 Å². The number of rotatable bonds is 6.